The minimum Gasteiger partial charge on any atom is -0.456 e. The van der Waals surface area contributed by atoms with Crippen LogP contribution in [0.5, 0.6) is 11.5 Å². The number of rotatable bonds is 31. The minimum atomic E-state index is -0.481. The standard InChI is InChI=1S/C54H69N11O11S2/c66-43(15-5-4-14-41-48-39(35-77-41)61-53(71)62-48)56-23-9-27-73-29-31-75-32-30-74-28-10-24-57-45(68)17-6-16-44(67)55-22-7-18-46(69)64-26-8-11-36(34-64)60-51(70)50-49-47-40(21-25-58-52(47)78-50)65(54(72)63-49)42-20-19-38(33-59-42)76-37-12-2-1-3-13-37/h1-3,7,12-13,18-21,25,33,36,39,41,48H,4-6,8-11,14-17,22-24,26-32,34-35H2,(H,55,67)(H,56,66)(H,57,68)(H,60,70)(H,63,72)(H2,61,62,71)/b18-7+/t36?,39?,41-,48-/m1/s1. The van der Waals surface area contributed by atoms with Crippen LogP contribution in [-0.2, 0) is 33.4 Å². The predicted octanol–water partition coefficient (Wildman–Crippen LogP) is 5.52. The number of unbranched alkanes of at least 4 members (excludes halogenated alkanes) is 1. The predicted molar refractivity (Wildman–Crippen MR) is 296 cm³/mol. The lowest BCUT2D eigenvalue weighted by atomic mass is 10.0. The Morgan fingerprint density at radius 2 is 1.49 bits per heavy atom. The maximum Gasteiger partial charge on any atom is 0.332 e. The summed E-state index contributed by atoms with van der Waals surface area (Å²) in [7, 11) is 0. The van der Waals surface area contributed by atoms with Gasteiger partial charge in [0.15, 0.2) is 0 Å². The van der Waals surface area contributed by atoms with E-state index in [-0.39, 0.29) is 73.1 Å². The van der Waals surface area contributed by atoms with Crippen LogP contribution >= 0.6 is 23.1 Å². The van der Waals surface area contributed by atoms with Crippen molar-refractivity contribution in [3.05, 3.63) is 78.0 Å². The number of urea groups is 2. The highest BCUT2D eigenvalue weighted by Crippen LogP contribution is 2.45. The van der Waals surface area contributed by atoms with Gasteiger partial charge in [0.2, 0.25) is 23.6 Å². The van der Waals surface area contributed by atoms with Gasteiger partial charge in [0.1, 0.15) is 27.0 Å². The quantitative estimate of drug-likeness (QED) is 0.0186. The topological polar surface area (TPSA) is 273 Å². The third-order valence-electron chi connectivity index (χ3n) is 13.3. The first kappa shape index (κ1) is 57.3. The van der Waals surface area contributed by atoms with Crippen molar-refractivity contribution in [2.24, 2.45) is 0 Å². The zero-order chi connectivity index (χ0) is 54.5. The summed E-state index contributed by atoms with van der Waals surface area (Å²) in [6, 6.07) is 14.0. The number of aromatic nitrogens is 2. The van der Waals surface area contributed by atoms with E-state index in [0.29, 0.717) is 147 Å². The fourth-order valence-corrected chi connectivity index (χ4v) is 12.0. The van der Waals surface area contributed by atoms with Crippen molar-refractivity contribution in [3.63, 3.8) is 0 Å². The van der Waals surface area contributed by atoms with Crippen LogP contribution in [0.1, 0.15) is 80.3 Å². The normalized spacial score (nSPS) is 18.5. The lowest BCUT2D eigenvalue weighted by Gasteiger charge is -2.32. The lowest BCUT2D eigenvalue weighted by Crippen LogP contribution is -2.49. The molecule has 24 heteroatoms. The zero-order valence-electron chi connectivity index (χ0n) is 43.6. The average Bonchev–Trinajstić information content (AvgIpc) is 4.16. The van der Waals surface area contributed by atoms with Gasteiger partial charge in [-0.2, -0.15) is 11.8 Å². The Morgan fingerprint density at radius 1 is 0.769 bits per heavy atom. The van der Waals surface area contributed by atoms with Crippen LogP contribution in [0.3, 0.4) is 0 Å². The largest absolute Gasteiger partial charge is 0.456 e. The van der Waals surface area contributed by atoms with Gasteiger partial charge in [0, 0.05) is 94.5 Å². The number of carbonyl (C=O) groups is 7. The number of pyridine rings is 2. The van der Waals surface area contributed by atoms with Crippen molar-refractivity contribution < 1.29 is 52.5 Å². The molecule has 418 valence electrons. The molecule has 9 amide bonds. The van der Waals surface area contributed by atoms with Crippen LogP contribution in [0.4, 0.5) is 26.8 Å². The number of carbonyl (C=O) groups excluding carboxylic acids is 7. The van der Waals surface area contributed by atoms with Crippen LogP contribution in [-0.4, -0.2) is 158 Å². The smallest absolute Gasteiger partial charge is 0.332 e. The third-order valence-corrected chi connectivity index (χ3v) is 15.9. The monoisotopic (exact) mass is 1110 g/mol. The van der Waals surface area contributed by atoms with E-state index in [1.165, 1.54) is 22.3 Å². The molecule has 0 radical (unpaired) electrons. The summed E-state index contributed by atoms with van der Waals surface area (Å²) in [5, 5.41) is 21.5. The summed E-state index contributed by atoms with van der Waals surface area (Å²) in [5.41, 5.74) is 0.912. The van der Waals surface area contributed by atoms with Gasteiger partial charge in [-0.1, -0.05) is 30.7 Å². The summed E-state index contributed by atoms with van der Waals surface area (Å²) < 4.78 is 22.6. The fourth-order valence-electron chi connectivity index (χ4n) is 9.44. The van der Waals surface area contributed by atoms with Crippen molar-refractivity contribution in [1.82, 2.24) is 46.8 Å². The number of thioether (sulfide) groups is 1. The number of para-hydroxylation sites is 1. The Hall–Kier alpha value is -6.86. The van der Waals surface area contributed by atoms with Crippen molar-refractivity contribution in [2.75, 3.05) is 88.3 Å². The van der Waals surface area contributed by atoms with E-state index in [0.717, 1.165) is 31.4 Å². The van der Waals surface area contributed by atoms with Crippen LogP contribution in [0.15, 0.2) is 73.1 Å². The molecule has 3 fully saturated rings. The van der Waals surface area contributed by atoms with Gasteiger partial charge in [-0.3, -0.25) is 24.0 Å². The molecule has 3 aromatic heterocycles. The molecule has 8 rings (SSSR count). The van der Waals surface area contributed by atoms with Crippen LogP contribution in [0.25, 0.3) is 10.2 Å². The molecule has 4 aliphatic rings. The van der Waals surface area contributed by atoms with E-state index < -0.39 is 6.03 Å². The summed E-state index contributed by atoms with van der Waals surface area (Å²) in [6.45, 7) is 4.72. The highest BCUT2D eigenvalue weighted by Gasteiger charge is 2.42. The van der Waals surface area contributed by atoms with Gasteiger partial charge < -0.3 is 61.1 Å². The second-order valence-corrected chi connectivity index (χ2v) is 21.4. The number of nitrogens with one attached hydrogen (secondary N) is 7. The van der Waals surface area contributed by atoms with E-state index >= 15 is 0 Å². The zero-order valence-corrected chi connectivity index (χ0v) is 45.2. The molecule has 7 heterocycles. The van der Waals surface area contributed by atoms with Crippen LogP contribution in [0, 0.1) is 0 Å². The number of hydrogen-bond donors (Lipinski definition) is 7. The lowest BCUT2D eigenvalue weighted by molar-refractivity contribution is -0.127. The van der Waals surface area contributed by atoms with Gasteiger partial charge in [-0.15, -0.1) is 11.3 Å². The highest BCUT2D eigenvalue weighted by atomic mass is 32.2. The van der Waals surface area contributed by atoms with Crippen molar-refractivity contribution in [1.29, 1.82) is 0 Å². The molecule has 4 aromatic rings. The average molecular weight is 1110 g/mol. The van der Waals surface area contributed by atoms with Gasteiger partial charge in [-0.25, -0.2) is 24.5 Å². The van der Waals surface area contributed by atoms with Gasteiger partial charge in [0.05, 0.1) is 61.5 Å². The van der Waals surface area contributed by atoms with Crippen molar-refractivity contribution >= 4 is 92.1 Å². The molecule has 3 saturated heterocycles. The summed E-state index contributed by atoms with van der Waals surface area (Å²) in [6.07, 6.45) is 12.9. The molecule has 1 aromatic carbocycles. The number of anilines is 3. The number of thiophene rings is 1. The number of hydrogen-bond acceptors (Lipinski definition) is 15. The Balaban J connectivity index is 0.609. The van der Waals surface area contributed by atoms with E-state index in [2.05, 4.69) is 47.2 Å². The molecule has 4 atom stereocenters. The number of ether oxygens (including phenoxy) is 4. The molecule has 2 unspecified atom stereocenters. The van der Waals surface area contributed by atoms with E-state index in [1.807, 2.05) is 42.1 Å². The first-order chi connectivity index (χ1) is 38.1. The highest BCUT2D eigenvalue weighted by molar-refractivity contribution is 8.00. The second kappa shape index (κ2) is 29.8. The van der Waals surface area contributed by atoms with E-state index in [9.17, 15) is 33.6 Å². The number of benzene rings is 1. The van der Waals surface area contributed by atoms with Gasteiger partial charge in [-0.05, 0) is 75.3 Å². The summed E-state index contributed by atoms with van der Waals surface area (Å²) in [4.78, 5) is 102. The molecule has 0 bridgehead atoms. The fraction of sp³-hybridized carbons (Fsp3) is 0.500. The van der Waals surface area contributed by atoms with Crippen molar-refractivity contribution in [3.8, 4) is 11.5 Å². The van der Waals surface area contributed by atoms with Crippen molar-refractivity contribution in [2.45, 2.75) is 94.0 Å². The van der Waals surface area contributed by atoms with E-state index in [4.69, 9.17) is 18.9 Å². The molecular weight excluding hydrogens is 1040 g/mol. The van der Waals surface area contributed by atoms with Crippen LogP contribution in [0.2, 0.25) is 0 Å². The Morgan fingerprint density at radius 3 is 2.22 bits per heavy atom. The second-order valence-electron chi connectivity index (χ2n) is 19.1. The Kier molecular flexibility index (Phi) is 21.9. The number of nitrogens with zero attached hydrogens (tertiary/aromatic N) is 4. The third kappa shape index (κ3) is 16.8. The minimum absolute atomic E-state index is 0.0521. The summed E-state index contributed by atoms with van der Waals surface area (Å²) in [5.74, 6) is 1.53. The number of fused-ring (bicyclic) bond motifs is 1. The first-order valence-corrected chi connectivity index (χ1v) is 28.7. The number of likely N-dealkylation sites (tertiary alicyclic amines) is 1. The van der Waals surface area contributed by atoms with E-state index in [1.54, 1.807) is 41.6 Å². The molecule has 78 heavy (non-hydrogen) atoms. The maximum atomic E-state index is 13.8. The molecule has 0 spiro atoms. The Bertz CT molecular complexity index is 2720. The molecule has 7 N–H and O–H groups in total. The summed E-state index contributed by atoms with van der Waals surface area (Å²) >= 11 is 3.07. The maximum absolute atomic E-state index is 13.8. The van der Waals surface area contributed by atoms with Gasteiger partial charge in [0.25, 0.3) is 5.91 Å². The Labute approximate surface area is 461 Å². The molecule has 22 nitrogen and oxygen atoms in total. The van der Waals surface area contributed by atoms with Crippen LogP contribution < -0.4 is 46.9 Å². The van der Waals surface area contributed by atoms with Gasteiger partial charge >= 0.3 is 12.1 Å². The SMILES string of the molecule is O=C(CCCC(=O)NCCCOCCOCCOCCCNC(=O)CCCC[C@H]1SCC2NC(=O)N[C@H]21)NC/C=C/C(=O)N1CCCC(NC(=O)c2sc3nccc4c3c2NC(=O)N4c2ccc(Oc3ccccc3)cn2)C1. The number of piperidine rings is 1. The number of amides is 9. The first-order valence-electron chi connectivity index (χ1n) is 26.8. The molecule has 0 aliphatic carbocycles. The molecular formula is C54H69N11O11S2. The molecule has 0 saturated carbocycles. The molecule has 4 aliphatic heterocycles.